The summed E-state index contributed by atoms with van der Waals surface area (Å²) in [6.07, 6.45) is 6.28. The fourth-order valence-electron chi connectivity index (χ4n) is 2.68. The Morgan fingerprint density at radius 3 is 2.71 bits per heavy atom. The minimum atomic E-state index is -0.325. The highest BCUT2D eigenvalue weighted by Gasteiger charge is 2.21. The molecule has 1 fully saturated rings. The van der Waals surface area contributed by atoms with Gasteiger partial charge in [0.15, 0.2) is 11.5 Å². The van der Waals surface area contributed by atoms with E-state index in [2.05, 4.69) is 6.58 Å². The van der Waals surface area contributed by atoms with Gasteiger partial charge in [0.05, 0.1) is 19.1 Å². The molecular formula is C16H21NO4. The first-order chi connectivity index (χ1) is 10.1. The molecule has 1 aliphatic carbocycles. The van der Waals surface area contributed by atoms with Crippen LogP contribution in [0.3, 0.4) is 0 Å². The molecule has 21 heavy (non-hydrogen) atoms. The standard InChI is InChI=1S/C16H21NO4/c1-3-12(11-17(18)19)13-8-9-15(20-2)16(10-13)21-14-6-4-5-7-14/h3,8-10,12,14H,1,4-7,11H2,2H3/t12-/m0/s1. The number of rotatable bonds is 7. The Hall–Kier alpha value is -2.04. The predicted octanol–water partition coefficient (Wildman–Crippen LogP) is 3.56. The van der Waals surface area contributed by atoms with Crippen molar-refractivity contribution in [3.8, 4) is 11.5 Å². The van der Waals surface area contributed by atoms with Gasteiger partial charge < -0.3 is 9.47 Å². The zero-order chi connectivity index (χ0) is 15.2. The van der Waals surface area contributed by atoms with Gasteiger partial charge in [0, 0.05) is 4.92 Å². The van der Waals surface area contributed by atoms with Crippen molar-refractivity contribution in [2.24, 2.45) is 0 Å². The van der Waals surface area contributed by atoms with Crippen LogP contribution in [0.4, 0.5) is 0 Å². The third kappa shape index (κ3) is 3.97. The Labute approximate surface area is 124 Å². The van der Waals surface area contributed by atoms with Crippen molar-refractivity contribution >= 4 is 0 Å². The Kier molecular flexibility index (Phi) is 5.20. The summed E-state index contributed by atoms with van der Waals surface area (Å²) >= 11 is 0. The van der Waals surface area contributed by atoms with E-state index >= 15 is 0 Å². The molecule has 0 heterocycles. The average molecular weight is 291 g/mol. The second kappa shape index (κ2) is 7.11. The zero-order valence-corrected chi connectivity index (χ0v) is 12.3. The fraction of sp³-hybridized carbons (Fsp3) is 0.500. The van der Waals surface area contributed by atoms with E-state index in [-0.39, 0.29) is 23.5 Å². The molecule has 0 bridgehead atoms. The maximum atomic E-state index is 10.7. The summed E-state index contributed by atoms with van der Waals surface area (Å²) in [6.45, 7) is 3.52. The van der Waals surface area contributed by atoms with Crippen LogP contribution in [0.15, 0.2) is 30.9 Å². The molecule has 0 radical (unpaired) electrons. The van der Waals surface area contributed by atoms with Crippen LogP contribution in [0.2, 0.25) is 0 Å². The van der Waals surface area contributed by atoms with Gasteiger partial charge in [-0.05, 0) is 43.4 Å². The van der Waals surface area contributed by atoms with Crippen LogP contribution in [0.5, 0.6) is 11.5 Å². The predicted molar refractivity (Wildman–Crippen MR) is 80.7 cm³/mol. The summed E-state index contributed by atoms with van der Waals surface area (Å²) in [5.41, 5.74) is 0.829. The molecule has 0 aliphatic heterocycles. The second-order valence-corrected chi connectivity index (χ2v) is 5.29. The van der Waals surface area contributed by atoms with Gasteiger partial charge in [-0.15, -0.1) is 6.58 Å². The molecule has 1 saturated carbocycles. The van der Waals surface area contributed by atoms with Crippen molar-refractivity contribution in [2.75, 3.05) is 13.7 Å². The van der Waals surface area contributed by atoms with Gasteiger partial charge in [0.2, 0.25) is 6.54 Å². The van der Waals surface area contributed by atoms with Crippen molar-refractivity contribution in [1.29, 1.82) is 0 Å². The molecule has 0 amide bonds. The molecule has 2 rings (SSSR count). The monoisotopic (exact) mass is 291 g/mol. The normalized spacial score (nSPS) is 16.4. The minimum absolute atomic E-state index is 0.168. The fourth-order valence-corrected chi connectivity index (χ4v) is 2.68. The number of nitro groups is 1. The lowest BCUT2D eigenvalue weighted by atomic mass is 9.99. The summed E-state index contributed by atoms with van der Waals surface area (Å²) in [6, 6.07) is 5.47. The number of benzene rings is 1. The average Bonchev–Trinajstić information content (AvgIpc) is 2.97. The molecule has 0 spiro atoms. The van der Waals surface area contributed by atoms with Crippen LogP contribution < -0.4 is 9.47 Å². The first-order valence-electron chi connectivity index (χ1n) is 7.23. The highest BCUT2D eigenvalue weighted by atomic mass is 16.6. The molecule has 114 valence electrons. The smallest absolute Gasteiger partial charge is 0.214 e. The third-order valence-corrected chi connectivity index (χ3v) is 3.84. The Bertz CT molecular complexity index is 509. The molecule has 5 nitrogen and oxygen atoms in total. The number of nitrogens with zero attached hydrogens (tertiary/aromatic N) is 1. The topological polar surface area (TPSA) is 61.6 Å². The van der Waals surface area contributed by atoms with Crippen molar-refractivity contribution in [1.82, 2.24) is 0 Å². The maximum absolute atomic E-state index is 10.7. The third-order valence-electron chi connectivity index (χ3n) is 3.84. The van der Waals surface area contributed by atoms with Crippen molar-refractivity contribution < 1.29 is 14.4 Å². The summed E-state index contributed by atoms with van der Waals surface area (Å²) in [4.78, 5) is 10.4. The van der Waals surface area contributed by atoms with Crippen LogP contribution >= 0.6 is 0 Å². The summed E-state index contributed by atoms with van der Waals surface area (Å²) in [7, 11) is 1.60. The van der Waals surface area contributed by atoms with Crippen LogP contribution in [-0.4, -0.2) is 24.7 Å². The number of hydrogen-bond acceptors (Lipinski definition) is 4. The van der Waals surface area contributed by atoms with E-state index < -0.39 is 0 Å². The SMILES string of the molecule is C=C[C@@H](C[N+](=O)[O-])c1ccc(OC)c(OC2CCCC2)c1. The van der Waals surface area contributed by atoms with E-state index in [4.69, 9.17) is 9.47 Å². The molecule has 0 N–H and O–H groups in total. The van der Waals surface area contributed by atoms with E-state index in [1.165, 1.54) is 12.8 Å². The zero-order valence-electron chi connectivity index (χ0n) is 12.3. The second-order valence-electron chi connectivity index (χ2n) is 5.29. The Balaban J connectivity index is 2.22. The Morgan fingerprint density at radius 1 is 1.43 bits per heavy atom. The van der Waals surface area contributed by atoms with Crippen molar-refractivity contribution in [3.05, 3.63) is 46.5 Å². The first kappa shape index (κ1) is 15.4. The van der Waals surface area contributed by atoms with E-state index in [9.17, 15) is 10.1 Å². The number of methoxy groups -OCH3 is 1. The van der Waals surface area contributed by atoms with Crippen LogP contribution in [0.1, 0.15) is 37.2 Å². The van der Waals surface area contributed by atoms with E-state index in [1.807, 2.05) is 12.1 Å². The first-order valence-corrected chi connectivity index (χ1v) is 7.23. The summed E-state index contributed by atoms with van der Waals surface area (Å²) < 4.78 is 11.3. The quantitative estimate of drug-likeness (QED) is 0.438. The van der Waals surface area contributed by atoms with Gasteiger partial charge in [-0.25, -0.2) is 0 Å². The van der Waals surface area contributed by atoms with E-state index in [1.54, 1.807) is 19.3 Å². The molecule has 0 aromatic heterocycles. The van der Waals surface area contributed by atoms with Crippen molar-refractivity contribution in [3.63, 3.8) is 0 Å². The Morgan fingerprint density at radius 2 is 2.14 bits per heavy atom. The number of ether oxygens (including phenoxy) is 2. The van der Waals surface area contributed by atoms with Gasteiger partial charge in [0.1, 0.15) is 0 Å². The number of hydrogen-bond donors (Lipinski definition) is 0. The van der Waals surface area contributed by atoms with Crippen LogP contribution in [-0.2, 0) is 0 Å². The molecule has 1 aromatic carbocycles. The van der Waals surface area contributed by atoms with Gasteiger partial charge >= 0.3 is 0 Å². The highest BCUT2D eigenvalue weighted by Crippen LogP contribution is 2.34. The molecule has 1 aliphatic rings. The molecule has 0 unspecified atom stereocenters. The maximum Gasteiger partial charge on any atom is 0.214 e. The molecule has 5 heteroatoms. The van der Waals surface area contributed by atoms with Gasteiger partial charge in [-0.2, -0.15) is 0 Å². The van der Waals surface area contributed by atoms with Gasteiger partial charge in [-0.3, -0.25) is 10.1 Å². The molecule has 0 saturated heterocycles. The highest BCUT2D eigenvalue weighted by molar-refractivity contribution is 5.45. The minimum Gasteiger partial charge on any atom is -0.493 e. The van der Waals surface area contributed by atoms with E-state index in [0.717, 1.165) is 18.4 Å². The lowest BCUT2D eigenvalue weighted by molar-refractivity contribution is -0.481. The van der Waals surface area contributed by atoms with E-state index in [0.29, 0.717) is 11.5 Å². The van der Waals surface area contributed by atoms with Crippen LogP contribution in [0, 0.1) is 10.1 Å². The molecular weight excluding hydrogens is 270 g/mol. The van der Waals surface area contributed by atoms with Crippen LogP contribution in [0.25, 0.3) is 0 Å². The van der Waals surface area contributed by atoms with Crippen molar-refractivity contribution in [2.45, 2.75) is 37.7 Å². The van der Waals surface area contributed by atoms with Gasteiger partial charge in [-0.1, -0.05) is 12.1 Å². The summed E-state index contributed by atoms with van der Waals surface area (Å²) in [5.74, 6) is 1.00. The largest absolute Gasteiger partial charge is 0.493 e. The summed E-state index contributed by atoms with van der Waals surface area (Å²) in [5, 5.41) is 10.7. The lowest BCUT2D eigenvalue weighted by Crippen LogP contribution is -2.13. The molecule has 1 aromatic rings. The molecule has 1 atom stereocenters. The lowest BCUT2D eigenvalue weighted by Gasteiger charge is -2.18. The van der Waals surface area contributed by atoms with Gasteiger partial charge in [0.25, 0.3) is 0 Å².